The first-order valence-corrected chi connectivity index (χ1v) is 14.4. The summed E-state index contributed by atoms with van der Waals surface area (Å²) in [5, 5.41) is 15.6. The standard InChI is InChI=1S/C20H40N4.2ClHO4.Cu/c1-15-11-13-21-18-8-4-6-10-20(18)24-16(2)12-14-22-17-7-3-5-9-19(17)23-15;2*2-1(3,4)5;/h15-24H,3-14H2,1-2H3;2*(H,2,3,4,5);/q;;;+2/p-2/t15-,16+,17-,18+,19-,20+;;;. The van der Waals surface area contributed by atoms with Gasteiger partial charge in [-0.1, -0.05) is 25.7 Å². The molecular weight excluding hydrogens is 559 g/mol. The summed E-state index contributed by atoms with van der Waals surface area (Å²) >= 11 is 0. The van der Waals surface area contributed by atoms with Crippen molar-refractivity contribution < 1.29 is 74.8 Å². The second kappa shape index (κ2) is 18.0. The minimum atomic E-state index is -4.94. The van der Waals surface area contributed by atoms with Gasteiger partial charge in [0.25, 0.3) is 0 Å². The molecule has 1 saturated heterocycles. The van der Waals surface area contributed by atoms with E-state index in [1.165, 1.54) is 64.2 Å². The van der Waals surface area contributed by atoms with Crippen molar-refractivity contribution in [3.8, 4) is 0 Å². The molecule has 213 valence electrons. The van der Waals surface area contributed by atoms with Gasteiger partial charge < -0.3 is 21.3 Å². The fourth-order valence-electron chi connectivity index (χ4n) is 5.02. The van der Waals surface area contributed by atoms with Crippen molar-refractivity contribution in [2.45, 2.75) is 114 Å². The Morgan fingerprint density at radius 1 is 0.486 bits per heavy atom. The van der Waals surface area contributed by atoms with Gasteiger partial charge in [0.05, 0.1) is 0 Å². The molecule has 4 N–H and O–H groups in total. The van der Waals surface area contributed by atoms with Crippen LogP contribution in [0.3, 0.4) is 0 Å². The second-order valence-corrected chi connectivity index (χ2v) is 10.9. The first kappa shape index (κ1) is 35.6. The van der Waals surface area contributed by atoms with E-state index < -0.39 is 20.5 Å². The summed E-state index contributed by atoms with van der Waals surface area (Å²) < 4.78 is 67.9. The molecule has 1 heterocycles. The Balaban J connectivity index is 0.000000894. The van der Waals surface area contributed by atoms with Crippen molar-refractivity contribution in [1.29, 1.82) is 0 Å². The molecule has 1 aliphatic heterocycles. The van der Waals surface area contributed by atoms with Crippen LogP contribution >= 0.6 is 0 Å². The maximum atomic E-state index is 8.49. The van der Waals surface area contributed by atoms with Crippen molar-refractivity contribution >= 4 is 0 Å². The van der Waals surface area contributed by atoms with Crippen LogP contribution < -0.4 is 58.5 Å². The summed E-state index contributed by atoms with van der Waals surface area (Å²) in [6.45, 7) is 7.04. The van der Waals surface area contributed by atoms with Crippen molar-refractivity contribution in [2.75, 3.05) is 13.1 Å². The Hall–Kier alpha value is 0.619. The molecule has 12 nitrogen and oxygen atoms in total. The largest absolute Gasteiger partial charge is 2.00 e. The Labute approximate surface area is 223 Å². The molecule has 3 fully saturated rings. The Bertz CT molecular complexity index is 490. The van der Waals surface area contributed by atoms with Crippen molar-refractivity contribution in [3.05, 3.63) is 0 Å². The van der Waals surface area contributed by atoms with Crippen LogP contribution in [0.25, 0.3) is 0 Å². The molecule has 0 bridgehead atoms. The molecule has 2 aliphatic carbocycles. The van der Waals surface area contributed by atoms with E-state index in [2.05, 4.69) is 35.1 Å². The smallest absolute Gasteiger partial charge is 0.312 e. The average Bonchev–Trinajstić information content (AvgIpc) is 2.67. The third-order valence-electron chi connectivity index (χ3n) is 6.50. The number of hydrogen-bond acceptors (Lipinski definition) is 12. The summed E-state index contributed by atoms with van der Waals surface area (Å²) in [6, 6.07) is 3.91. The number of hydrogen-bond donors (Lipinski definition) is 4. The zero-order valence-electron chi connectivity index (χ0n) is 20.3. The van der Waals surface area contributed by atoms with Crippen LogP contribution in [0, 0.1) is 20.5 Å². The Morgan fingerprint density at radius 3 is 1.03 bits per heavy atom. The topological polar surface area (TPSA) is 233 Å². The molecule has 2 saturated carbocycles. The average molecular weight is 599 g/mol. The van der Waals surface area contributed by atoms with Gasteiger partial charge in [-0.3, -0.25) is 0 Å². The third-order valence-corrected chi connectivity index (χ3v) is 6.50. The molecule has 3 rings (SSSR count). The zero-order valence-corrected chi connectivity index (χ0v) is 22.7. The summed E-state index contributed by atoms with van der Waals surface area (Å²) in [6.07, 6.45) is 13.4. The monoisotopic (exact) mass is 597 g/mol. The van der Waals surface area contributed by atoms with Crippen LogP contribution in [-0.2, 0) is 17.1 Å². The van der Waals surface area contributed by atoms with Gasteiger partial charge >= 0.3 is 17.1 Å². The molecule has 0 aromatic heterocycles. The molecule has 0 amide bonds. The fourth-order valence-corrected chi connectivity index (χ4v) is 5.02. The molecule has 35 heavy (non-hydrogen) atoms. The van der Waals surface area contributed by atoms with E-state index in [-0.39, 0.29) is 17.1 Å². The number of halogens is 2. The van der Waals surface area contributed by atoms with E-state index >= 15 is 0 Å². The van der Waals surface area contributed by atoms with Crippen LogP contribution in [0.2, 0.25) is 0 Å². The molecule has 1 radical (unpaired) electrons. The van der Waals surface area contributed by atoms with Crippen molar-refractivity contribution in [2.24, 2.45) is 0 Å². The molecule has 0 unspecified atom stereocenters. The second-order valence-electron chi connectivity index (χ2n) is 9.37. The number of rotatable bonds is 0. The van der Waals surface area contributed by atoms with Gasteiger partial charge in [-0.25, -0.2) is 37.3 Å². The molecule has 0 spiro atoms. The van der Waals surface area contributed by atoms with Gasteiger partial charge in [0.1, 0.15) is 0 Å². The maximum Gasteiger partial charge on any atom is 2.00 e. The number of fused-ring (bicyclic) bond motifs is 2. The molecule has 3 aliphatic rings. The molecule has 6 atom stereocenters. The Morgan fingerprint density at radius 2 is 0.743 bits per heavy atom. The fraction of sp³-hybridized carbons (Fsp3) is 1.00. The maximum absolute atomic E-state index is 8.49. The van der Waals surface area contributed by atoms with Gasteiger partial charge in [0, 0.05) is 36.3 Å². The van der Waals surface area contributed by atoms with Gasteiger partial charge in [0.15, 0.2) is 0 Å². The van der Waals surface area contributed by atoms with E-state index in [0.29, 0.717) is 36.3 Å². The SMILES string of the molecule is C[C@@H]1CCN[C@H]2CCCC[C@@H]2N[C@@H](C)CCN[C@@H]2CCCC[C@H]2N1.[Cu+2].[O-][Cl+3]([O-])([O-])[O-].[O-][Cl+3]([O-])([O-])[O-]. The van der Waals surface area contributed by atoms with Crippen LogP contribution in [0.4, 0.5) is 0 Å². The van der Waals surface area contributed by atoms with Gasteiger partial charge in [-0.15, -0.1) is 20.5 Å². The van der Waals surface area contributed by atoms with Gasteiger partial charge in [-0.05, 0) is 65.5 Å². The normalized spacial score (nSPS) is 33.1. The minimum absolute atomic E-state index is 0. The van der Waals surface area contributed by atoms with Gasteiger partial charge in [0.2, 0.25) is 0 Å². The first-order valence-electron chi connectivity index (χ1n) is 11.9. The van der Waals surface area contributed by atoms with Crippen LogP contribution in [0.5, 0.6) is 0 Å². The quantitative estimate of drug-likeness (QED) is 0.190. The summed E-state index contributed by atoms with van der Waals surface area (Å²) in [5.41, 5.74) is 0. The third kappa shape index (κ3) is 20.3. The predicted octanol–water partition coefficient (Wildman–Crippen LogP) is -6.98. The van der Waals surface area contributed by atoms with E-state index in [9.17, 15) is 0 Å². The molecule has 15 heteroatoms. The first-order chi connectivity index (χ1) is 15.7. The summed E-state index contributed by atoms with van der Waals surface area (Å²) in [5.74, 6) is 0. The summed E-state index contributed by atoms with van der Waals surface area (Å²) in [4.78, 5) is 0. The Kier molecular flexibility index (Phi) is 18.3. The number of nitrogens with one attached hydrogen (secondary N) is 4. The van der Waals surface area contributed by atoms with E-state index in [4.69, 9.17) is 37.3 Å². The molecular formula is C20H40Cl2CuN4O8. The minimum Gasteiger partial charge on any atom is -0.312 e. The predicted molar refractivity (Wildman–Crippen MR) is 103 cm³/mol. The van der Waals surface area contributed by atoms with E-state index in [1.54, 1.807) is 0 Å². The van der Waals surface area contributed by atoms with Crippen LogP contribution in [0.15, 0.2) is 0 Å². The zero-order chi connectivity index (χ0) is 25.8. The van der Waals surface area contributed by atoms with Crippen molar-refractivity contribution in [3.63, 3.8) is 0 Å². The van der Waals surface area contributed by atoms with Crippen LogP contribution in [0.1, 0.15) is 78.1 Å². The van der Waals surface area contributed by atoms with E-state index in [1.807, 2.05) is 0 Å². The van der Waals surface area contributed by atoms with Crippen LogP contribution in [-0.4, -0.2) is 49.3 Å². The van der Waals surface area contributed by atoms with Crippen molar-refractivity contribution in [1.82, 2.24) is 21.3 Å². The van der Waals surface area contributed by atoms with Gasteiger partial charge in [-0.2, -0.15) is 0 Å². The molecule has 0 aromatic rings. The molecule has 0 aromatic carbocycles. The van der Waals surface area contributed by atoms with E-state index in [0.717, 1.165) is 13.1 Å². The summed E-state index contributed by atoms with van der Waals surface area (Å²) in [7, 11) is -9.89.